The summed E-state index contributed by atoms with van der Waals surface area (Å²) in [6.45, 7) is 0.170. The summed E-state index contributed by atoms with van der Waals surface area (Å²) in [6.07, 6.45) is 0. The minimum atomic E-state index is -0.336. The van der Waals surface area contributed by atoms with E-state index in [4.69, 9.17) is 5.41 Å². The number of amidine groups is 1. The predicted molar refractivity (Wildman–Crippen MR) is 91.7 cm³/mol. The average molecular weight is 322 g/mol. The van der Waals surface area contributed by atoms with Crippen molar-refractivity contribution < 1.29 is 9.50 Å². The number of aliphatic hydroxyl groups excluding tert-OH is 1. The molecular weight excluding hydrogens is 307 g/mol. The van der Waals surface area contributed by atoms with E-state index in [1.807, 2.05) is 35.9 Å². The molecule has 120 valence electrons. The number of benzene rings is 2. The molecule has 5 nitrogen and oxygen atoms in total. The van der Waals surface area contributed by atoms with E-state index < -0.39 is 0 Å². The van der Waals surface area contributed by atoms with Gasteiger partial charge in [0.15, 0.2) is 0 Å². The molecule has 0 saturated heterocycles. The van der Waals surface area contributed by atoms with Gasteiger partial charge in [0.25, 0.3) is 0 Å². The van der Waals surface area contributed by atoms with Gasteiger partial charge < -0.3 is 14.6 Å². The van der Waals surface area contributed by atoms with Crippen molar-refractivity contribution in [2.45, 2.75) is 0 Å². The second-order valence-corrected chi connectivity index (χ2v) is 5.72. The second kappa shape index (κ2) is 5.19. The van der Waals surface area contributed by atoms with Gasteiger partial charge in [-0.2, -0.15) is 0 Å². The summed E-state index contributed by atoms with van der Waals surface area (Å²) in [5.74, 6) is 0.445. The Hall–Kier alpha value is -3.15. The van der Waals surface area contributed by atoms with Crippen molar-refractivity contribution >= 4 is 28.1 Å². The fraction of sp³-hybridized carbons (Fsp3) is 0.111. The maximum atomic E-state index is 13.1. The maximum absolute atomic E-state index is 13.1. The Morgan fingerprint density at radius 1 is 1.12 bits per heavy atom. The molecule has 1 aliphatic heterocycles. The van der Waals surface area contributed by atoms with Crippen LogP contribution >= 0.6 is 0 Å². The molecule has 1 aromatic heterocycles. The van der Waals surface area contributed by atoms with Gasteiger partial charge in [0.2, 0.25) is 0 Å². The van der Waals surface area contributed by atoms with Crippen molar-refractivity contribution in [2.24, 2.45) is 7.05 Å². The maximum Gasteiger partial charge on any atom is 0.148 e. The highest BCUT2D eigenvalue weighted by Gasteiger charge is 2.32. The standard InChI is InChI=1S/C18H15FN4O/c1-22-14-5-3-2-4-13(14)21-18(22)16-15(24)10-23(17(16)20)12-8-6-11(19)7-9-12/h2-9,20,24H,10H2,1H3. The van der Waals surface area contributed by atoms with Crippen molar-refractivity contribution in [2.75, 3.05) is 11.4 Å². The van der Waals surface area contributed by atoms with Gasteiger partial charge in [-0.3, -0.25) is 5.41 Å². The first kappa shape index (κ1) is 14.4. The van der Waals surface area contributed by atoms with Crippen molar-refractivity contribution in [3.63, 3.8) is 0 Å². The fourth-order valence-electron chi connectivity index (χ4n) is 3.03. The molecule has 0 bridgehead atoms. The lowest BCUT2D eigenvalue weighted by Gasteiger charge is -2.18. The first-order valence-electron chi connectivity index (χ1n) is 7.52. The van der Waals surface area contributed by atoms with Gasteiger partial charge >= 0.3 is 0 Å². The summed E-state index contributed by atoms with van der Waals surface area (Å²) in [5.41, 5.74) is 2.80. The van der Waals surface area contributed by atoms with E-state index in [1.54, 1.807) is 17.0 Å². The average Bonchev–Trinajstić information content (AvgIpc) is 3.05. The smallest absolute Gasteiger partial charge is 0.148 e. The summed E-state index contributed by atoms with van der Waals surface area (Å²) < 4.78 is 15.0. The van der Waals surface area contributed by atoms with Crippen LogP contribution in [0.25, 0.3) is 16.6 Å². The van der Waals surface area contributed by atoms with E-state index in [0.29, 0.717) is 17.1 Å². The molecule has 0 radical (unpaired) electrons. The number of fused-ring (bicyclic) bond motifs is 1. The molecule has 6 heteroatoms. The lowest BCUT2D eigenvalue weighted by Crippen LogP contribution is -2.26. The third-order valence-corrected chi connectivity index (χ3v) is 4.25. The Morgan fingerprint density at radius 3 is 2.54 bits per heavy atom. The number of aromatic nitrogens is 2. The highest BCUT2D eigenvalue weighted by atomic mass is 19.1. The van der Waals surface area contributed by atoms with Crippen LogP contribution in [-0.4, -0.2) is 27.0 Å². The lowest BCUT2D eigenvalue weighted by molar-refractivity contribution is 0.411. The monoisotopic (exact) mass is 322 g/mol. The van der Waals surface area contributed by atoms with Crippen LogP contribution in [0.15, 0.2) is 54.3 Å². The fourth-order valence-corrected chi connectivity index (χ4v) is 3.03. The van der Waals surface area contributed by atoms with Crippen LogP contribution in [0.4, 0.5) is 10.1 Å². The van der Waals surface area contributed by atoms with Crippen molar-refractivity contribution in [3.05, 3.63) is 65.9 Å². The summed E-state index contributed by atoms with van der Waals surface area (Å²) >= 11 is 0. The van der Waals surface area contributed by atoms with Gasteiger partial charge in [0, 0.05) is 12.7 Å². The molecule has 0 amide bonds. The molecule has 0 spiro atoms. The summed E-state index contributed by atoms with van der Waals surface area (Å²) in [7, 11) is 1.86. The van der Waals surface area contributed by atoms with Crippen LogP contribution in [-0.2, 0) is 7.05 Å². The molecule has 0 atom stereocenters. The van der Waals surface area contributed by atoms with E-state index >= 15 is 0 Å². The number of rotatable bonds is 2. The normalized spacial score (nSPS) is 14.9. The SMILES string of the molecule is Cn1c(C2=C(O)CN(c3ccc(F)cc3)C2=N)nc2ccccc21. The van der Waals surface area contributed by atoms with Gasteiger partial charge in [-0.1, -0.05) is 12.1 Å². The van der Waals surface area contributed by atoms with Crippen molar-refractivity contribution in [3.8, 4) is 0 Å². The molecular formula is C18H15FN4O. The zero-order valence-electron chi connectivity index (χ0n) is 13.0. The number of nitrogens with one attached hydrogen (secondary N) is 1. The van der Waals surface area contributed by atoms with E-state index in [-0.39, 0.29) is 24.0 Å². The Kier molecular flexibility index (Phi) is 3.13. The molecule has 24 heavy (non-hydrogen) atoms. The van der Waals surface area contributed by atoms with Crippen LogP contribution in [0.1, 0.15) is 5.82 Å². The Labute approximate surface area is 137 Å². The number of para-hydroxylation sites is 2. The number of aliphatic hydroxyl groups is 1. The summed E-state index contributed by atoms with van der Waals surface area (Å²) in [4.78, 5) is 6.18. The molecule has 1 aliphatic rings. The number of hydrogen-bond donors (Lipinski definition) is 2. The van der Waals surface area contributed by atoms with E-state index in [1.165, 1.54) is 12.1 Å². The van der Waals surface area contributed by atoms with E-state index in [9.17, 15) is 9.50 Å². The third-order valence-electron chi connectivity index (χ3n) is 4.25. The topological polar surface area (TPSA) is 65.1 Å². The molecule has 4 rings (SSSR count). The molecule has 0 aliphatic carbocycles. The van der Waals surface area contributed by atoms with Crippen LogP contribution in [0, 0.1) is 11.2 Å². The molecule has 2 aromatic carbocycles. The summed E-state index contributed by atoms with van der Waals surface area (Å²) in [5, 5.41) is 18.9. The minimum absolute atomic E-state index is 0.0859. The zero-order chi connectivity index (χ0) is 16.8. The largest absolute Gasteiger partial charge is 0.509 e. The predicted octanol–water partition coefficient (Wildman–Crippen LogP) is 3.48. The van der Waals surface area contributed by atoms with Crippen LogP contribution in [0.5, 0.6) is 0 Å². The van der Waals surface area contributed by atoms with E-state index in [2.05, 4.69) is 4.98 Å². The third kappa shape index (κ3) is 2.07. The lowest BCUT2D eigenvalue weighted by atomic mass is 10.2. The van der Waals surface area contributed by atoms with Gasteiger partial charge in [-0.25, -0.2) is 9.37 Å². The van der Waals surface area contributed by atoms with Crippen LogP contribution < -0.4 is 4.90 Å². The van der Waals surface area contributed by atoms with Gasteiger partial charge in [-0.15, -0.1) is 0 Å². The summed E-state index contributed by atoms with van der Waals surface area (Å²) in [6, 6.07) is 13.5. The number of hydrogen-bond acceptors (Lipinski definition) is 3. The molecule has 2 N–H and O–H groups in total. The molecule has 0 fully saturated rings. The Morgan fingerprint density at radius 2 is 1.83 bits per heavy atom. The highest BCUT2D eigenvalue weighted by Crippen LogP contribution is 2.31. The Bertz CT molecular complexity index is 988. The van der Waals surface area contributed by atoms with Gasteiger partial charge in [-0.05, 0) is 36.4 Å². The van der Waals surface area contributed by atoms with Crippen LogP contribution in [0.3, 0.4) is 0 Å². The molecule has 0 unspecified atom stereocenters. The number of nitrogens with zero attached hydrogens (tertiary/aromatic N) is 3. The highest BCUT2D eigenvalue weighted by molar-refractivity contribution is 6.30. The van der Waals surface area contributed by atoms with E-state index in [0.717, 1.165) is 11.0 Å². The number of anilines is 1. The van der Waals surface area contributed by atoms with Crippen molar-refractivity contribution in [1.29, 1.82) is 5.41 Å². The second-order valence-electron chi connectivity index (χ2n) is 5.72. The minimum Gasteiger partial charge on any atom is -0.509 e. The van der Waals surface area contributed by atoms with Gasteiger partial charge in [0.1, 0.15) is 23.2 Å². The zero-order valence-corrected chi connectivity index (χ0v) is 13.0. The number of aryl methyl sites for hydroxylation is 1. The number of halogens is 1. The number of imidazole rings is 1. The first-order valence-corrected chi connectivity index (χ1v) is 7.52. The molecule has 0 saturated carbocycles. The quantitative estimate of drug-likeness (QED) is 0.759. The molecule has 2 heterocycles. The van der Waals surface area contributed by atoms with Crippen molar-refractivity contribution in [1.82, 2.24) is 9.55 Å². The van der Waals surface area contributed by atoms with Crippen LogP contribution in [0.2, 0.25) is 0 Å². The van der Waals surface area contributed by atoms with Gasteiger partial charge in [0.05, 0.1) is 23.2 Å². The Balaban J connectivity index is 1.77. The molecule has 3 aromatic rings. The first-order chi connectivity index (χ1) is 11.6.